The van der Waals surface area contributed by atoms with E-state index in [1.807, 2.05) is 13.0 Å². The van der Waals surface area contributed by atoms with E-state index in [0.717, 1.165) is 12.0 Å². The molecule has 0 aliphatic rings. The lowest BCUT2D eigenvalue weighted by molar-refractivity contribution is -0.0531. The largest absolute Gasteiger partial charge is 0.496 e. The van der Waals surface area contributed by atoms with E-state index in [1.165, 1.54) is 21.0 Å². The van der Waals surface area contributed by atoms with Crippen LogP contribution in [0.1, 0.15) is 31.9 Å². The average Bonchev–Trinajstić information content (AvgIpc) is 2.27. The Hall–Kier alpha value is -1.12. The first-order chi connectivity index (χ1) is 7.43. The molecule has 0 unspecified atom stereocenters. The van der Waals surface area contributed by atoms with Gasteiger partial charge in [0.2, 0.25) is 0 Å². The molecule has 0 aliphatic carbocycles. The Bertz CT molecular complexity index is 359. The van der Waals surface area contributed by atoms with Crippen LogP contribution >= 0.6 is 0 Å². The molecule has 0 spiro atoms. The smallest absolute Gasteiger partial charge is 0.279 e. The fourth-order valence-corrected chi connectivity index (χ4v) is 1.55. The molecular weight excluding hydrogens is 210 g/mol. The molecule has 0 saturated carbocycles. The maximum atomic E-state index is 14.0. The number of halogens is 2. The van der Waals surface area contributed by atoms with Crippen molar-refractivity contribution in [3.05, 3.63) is 29.3 Å². The molecule has 1 rings (SSSR count). The molecule has 0 amide bonds. The number of hydrogen-bond donors (Lipinski definition) is 0. The van der Waals surface area contributed by atoms with Crippen LogP contribution in [-0.2, 0) is 12.3 Å². The Morgan fingerprint density at radius 1 is 1.31 bits per heavy atom. The molecule has 1 nitrogen and oxygen atoms in total. The minimum atomic E-state index is -2.85. The Labute approximate surface area is 95.4 Å². The van der Waals surface area contributed by atoms with Gasteiger partial charge < -0.3 is 4.74 Å². The molecule has 3 heteroatoms. The summed E-state index contributed by atoms with van der Waals surface area (Å²) < 4.78 is 32.9. The molecule has 0 fully saturated rings. The summed E-state index contributed by atoms with van der Waals surface area (Å²) in [5.74, 6) is -3.33. The highest BCUT2D eigenvalue weighted by Crippen LogP contribution is 2.41. The van der Waals surface area contributed by atoms with E-state index >= 15 is 0 Å². The Morgan fingerprint density at radius 2 is 1.94 bits per heavy atom. The molecule has 0 N–H and O–H groups in total. The van der Waals surface area contributed by atoms with Gasteiger partial charge in [0.15, 0.2) is 0 Å². The lowest BCUT2D eigenvalue weighted by atomic mass is 9.95. The molecule has 1 aromatic rings. The number of benzene rings is 1. The number of ether oxygens (including phenoxy) is 1. The van der Waals surface area contributed by atoms with Crippen molar-refractivity contribution in [3.8, 4) is 5.75 Å². The molecule has 16 heavy (non-hydrogen) atoms. The van der Waals surface area contributed by atoms with Crippen molar-refractivity contribution < 1.29 is 13.5 Å². The highest BCUT2D eigenvalue weighted by Gasteiger charge is 2.38. The van der Waals surface area contributed by atoms with Crippen LogP contribution in [-0.4, -0.2) is 7.11 Å². The molecule has 90 valence electrons. The monoisotopic (exact) mass is 228 g/mol. The van der Waals surface area contributed by atoms with Crippen LogP contribution in [0.2, 0.25) is 0 Å². The van der Waals surface area contributed by atoms with Crippen LogP contribution in [0.4, 0.5) is 8.78 Å². The fourth-order valence-electron chi connectivity index (χ4n) is 1.55. The van der Waals surface area contributed by atoms with E-state index in [0.29, 0.717) is 0 Å². The van der Waals surface area contributed by atoms with Crippen molar-refractivity contribution in [1.29, 1.82) is 0 Å². The second-order valence-electron chi connectivity index (χ2n) is 4.17. The zero-order valence-corrected chi connectivity index (χ0v) is 10.2. The van der Waals surface area contributed by atoms with Crippen molar-refractivity contribution in [2.24, 2.45) is 5.92 Å². The number of rotatable bonds is 4. The van der Waals surface area contributed by atoms with Crippen molar-refractivity contribution in [2.45, 2.75) is 33.1 Å². The van der Waals surface area contributed by atoms with Crippen LogP contribution in [0.15, 0.2) is 18.2 Å². The van der Waals surface area contributed by atoms with Gasteiger partial charge in [-0.1, -0.05) is 26.8 Å². The summed E-state index contributed by atoms with van der Waals surface area (Å²) in [6.45, 7) is 4.97. The van der Waals surface area contributed by atoms with E-state index < -0.39 is 11.8 Å². The van der Waals surface area contributed by atoms with Gasteiger partial charge >= 0.3 is 0 Å². The van der Waals surface area contributed by atoms with Crippen molar-refractivity contribution in [2.75, 3.05) is 7.11 Å². The van der Waals surface area contributed by atoms with Crippen LogP contribution in [0.5, 0.6) is 5.75 Å². The number of methoxy groups -OCH3 is 1. The molecule has 0 aromatic heterocycles. The molecule has 0 bridgehead atoms. The lowest BCUT2D eigenvalue weighted by Gasteiger charge is -2.23. The SMILES string of the molecule is CCc1ccc(OC)c(C(F)(F)C(C)C)c1. The standard InChI is InChI=1S/C13H18F2O/c1-5-10-6-7-12(16-4)11(8-10)13(14,15)9(2)3/h6-9H,5H2,1-4H3. The zero-order valence-electron chi connectivity index (χ0n) is 10.2. The van der Waals surface area contributed by atoms with Crippen molar-refractivity contribution in [1.82, 2.24) is 0 Å². The third-order valence-electron chi connectivity index (χ3n) is 2.76. The maximum Gasteiger partial charge on any atom is 0.279 e. The minimum absolute atomic E-state index is 0.00986. The lowest BCUT2D eigenvalue weighted by Crippen LogP contribution is -2.22. The summed E-state index contributed by atoms with van der Waals surface area (Å²) in [6, 6.07) is 4.97. The van der Waals surface area contributed by atoms with Crippen LogP contribution < -0.4 is 4.74 Å². The van der Waals surface area contributed by atoms with E-state index in [9.17, 15) is 8.78 Å². The first kappa shape index (κ1) is 12.9. The van der Waals surface area contributed by atoms with Crippen molar-refractivity contribution >= 4 is 0 Å². The summed E-state index contributed by atoms with van der Waals surface area (Å²) in [4.78, 5) is 0. The van der Waals surface area contributed by atoms with Gasteiger partial charge in [-0.25, -0.2) is 8.78 Å². The van der Waals surface area contributed by atoms with E-state index in [1.54, 1.807) is 12.1 Å². The summed E-state index contributed by atoms with van der Waals surface area (Å²) in [7, 11) is 1.42. The maximum absolute atomic E-state index is 14.0. The van der Waals surface area contributed by atoms with E-state index in [4.69, 9.17) is 4.74 Å². The molecule has 0 radical (unpaired) electrons. The topological polar surface area (TPSA) is 9.23 Å². The normalized spacial score (nSPS) is 11.9. The predicted octanol–water partition coefficient (Wildman–Crippen LogP) is 4.01. The molecular formula is C13H18F2O. The number of alkyl halides is 2. The summed E-state index contributed by atoms with van der Waals surface area (Å²) in [5.41, 5.74) is 0.889. The van der Waals surface area contributed by atoms with Gasteiger partial charge in [0, 0.05) is 5.92 Å². The van der Waals surface area contributed by atoms with Crippen LogP contribution in [0.3, 0.4) is 0 Å². The Kier molecular flexibility index (Phi) is 3.89. The third-order valence-corrected chi connectivity index (χ3v) is 2.76. The summed E-state index contributed by atoms with van der Waals surface area (Å²) in [6.07, 6.45) is 0.741. The van der Waals surface area contributed by atoms with Gasteiger partial charge in [0.05, 0.1) is 12.7 Å². The van der Waals surface area contributed by atoms with Gasteiger partial charge in [0.1, 0.15) is 5.75 Å². The van der Waals surface area contributed by atoms with E-state index in [-0.39, 0.29) is 11.3 Å². The van der Waals surface area contributed by atoms with Gasteiger partial charge in [0.25, 0.3) is 5.92 Å². The molecule has 0 aliphatic heterocycles. The second-order valence-corrected chi connectivity index (χ2v) is 4.17. The van der Waals surface area contributed by atoms with Crippen LogP contribution in [0, 0.1) is 5.92 Å². The molecule has 0 saturated heterocycles. The Balaban J connectivity index is 3.28. The zero-order chi connectivity index (χ0) is 12.3. The van der Waals surface area contributed by atoms with Gasteiger partial charge in [-0.15, -0.1) is 0 Å². The Morgan fingerprint density at radius 3 is 2.38 bits per heavy atom. The molecule has 1 aromatic carbocycles. The first-order valence-electron chi connectivity index (χ1n) is 5.48. The highest BCUT2D eigenvalue weighted by molar-refractivity contribution is 5.40. The minimum Gasteiger partial charge on any atom is -0.496 e. The number of hydrogen-bond acceptors (Lipinski definition) is 1. The third kappa shape index (κ3) is 2.34. The highest BCUT2D eigenvalue weighted by atomic mass is 19.3. The summed E-state index contributed by atoms with van der Waals surface area (Å²) in [5, 5.41) is 0. The van der Waals surface area contributed by atoms with E-state index in [2.05, 4.69) is 0 Å². The second kappa shape index (κ2) is 4.81. The van der Waals surface area contributed by atoms with Gasteiger partial charge in [-0.05, 0) is 24.1 Å². The first-order valence-corrected chi connectivity index (χ1v) is 5.48. The average molecular weight is 228 g/mol. The van der Waals surface area contributed by atoms with Gasteiger partial charge in [-0.3, -0.25) is 0 Å². The summed E-state index contributed by atoms with van der Waals surface area (Å²) >= 11 is 0. The van der Waals surface area contributed by atoms with Gasteiger partial charge in [-0.2, -0.15) is 0 Å². The molecule has 0 atom stereocenters. The number of aryl methyl sites for hydroxylation is 1. The molecule has 0 heterocycles. The fraction of sp³-hybridized carbons (Fsp3) is 0.538. The predicted molar refractivity (Wildman–Crippen MR) is 61.1 cm³/mol. The van der Waals surface area contributed by atoms with Crippen LogP contribution in [0.25, 0.3) is 0 Å². The quantitative estimate of drug-likeness (QED) is 0.756. The van der Waals surface area contributed by atoms with Crippen molar-refractivity contribution in [3.63, 3.8) is 0 Å².